The summed E-state index contributed by atoms with van der Waals surface area (Å²) in [6.45, 7) is 3.19. The molecule has 1 unspecified atom stereocenters. The number of thioether (sulfide) groups is 1. The number of hydrogen-bond acceptors (Lipinski definition) is 6. The van der Waals surface area contributed by atoms with Gasteiger partial charge in [-0.25, -0.2) is 9.78 Å². The van der Waals surface area contributed by atoms with Crippen molar-refractivity contribution in [3.8, 4) is 0 Å². The third kappa shape index (κ3) is 2.32. The molecule has 2 rings (SSSR count). The van der Waals surface area contributed by atoms with Gasteiger partial charge in [-0.2, -0.15) is 11.8 Å². The highest BCUT2D eigenvalue weighted by Gasteiger charge is 2.22. The first kappa shape index (κ1) is 11.7. The van der Waals surface area contributed by atoms with Crippen LogP contribution in [0.3, 0.4) is 0 Å². The zero-order valence-corrected chi connectivity index (χ0v) is 10.9. The lowest BCUT2D eigenvalue weighted by atomic mass is 10.3. The monoisotopic (exact) mass is 258 g/mol. The lowest BCUT2D eigenvalue weighted by Crippen LogP contribution is -2.40. The number of anilines is 1. The molecular weight excluding hydrogens is 244 g/mol. The fourth-order valence-corrected chi connectivity index (χ4v) is 3.58. The Morgan fingerprint density at radius 2 is 2.50 bits per heavy atom. The predicted molar refractivity (Wildman–Crippen MR) is 67.6 cm³/mol. The summed E-state index contributed by atoms with van der Waals surface area (Å²) in [7, 11) is 1.39. The van der Waals surface area contributed by atoms with Gasteiger partial charge < -0.3 is 9.64 Å². The average Bonchev–Trinajstić information content (AvgIpc) is 2.78. The molecule has 88 valence electrons. The Bertz CT molecular complexity index is 381. The van der Waals surface area contributed by atoms with Gasteiger partial charge in [-0.15, -0.1) is 0 Å². The van der Waals surface area contributed by atoms with Crippen molar-refractivity contribution < 1.29 is 9.53 Å². The third-order valence-electron chi connectivity index (χ3n) is 2.49. The highest BCUT2D eigenvalue weighted by atomic mass is 32.2. The minimum absolute atomic E-state index is 0.303. The molecule has 16 heavy (non-hydrogen) atoms. The van der Waals surface area contributed by atoms with Crippen molar-refractivity contribution in [2.45, 2.75) is 13.0 Å². The minimum atomic E-state index is -0.303. The molecule has 0 radical (unpaired) electrons. The van der Waals surface area contributed by atoms with E-state index in [2.05, 4.69) is 21.5 Å². The van der Waals surface area contributed by atoms with E-state index in [-0.39, 0.29) is 5.97 Å². The van der Waals surface area contributed by atoms with Crippen LogP contribution >= 0.6 is 23.1 Å². The van der Waals surface area contributed by atoms with Crippen molar-refractivity contribution >= 4 is 34.2 Å². The Morgan fingerprint density at radius 3 is 3.19 bits per heavy atom. The van der Waals surface area contributed by atoms with E-state index in [1.165, 1.54) is 18.4 Å². The van der Waals surface area contributed by atoms with E-state index in [0.717, 1.165) is 23.2 Å². The smallest absolute Gasteiger partial charge is 0.349 e. The van der Waals surface area contributed by atoms with Crippen molar-refractivity contribution in [3.05, 3.63) is 11.1 Å². The summed E-state index contributed by atoms with van der Waals surface area (Å²) in [5.74, 6) is 1.94. The van der Waals surface area contributed by atoms with Crippen LogP contribution in [0.5, 0.6) is 0 Å². The van der Waals surface area contributed by atoms with Gasteiger partial charge in [-0.1, -0.05) is 11.3 Å². The van der Waals surface area contributed by atoms with Crippen LogP contribution < -0.4 is 4.90 Å². The van der Waals surface area contributed by atoms with Crippen molar-refractivity contribution in [2.75, 3.05) is 30.1 Å². The van der Waals surface area contributed by atoms with Crippen LogP contribution in [-0.2, 0) is 4.74 Å². The first-order chi connectivity index (χ1) is 7.72. The van der Waals surface area contributed by atoms with E-state index in [4.69, 9.17) is 0 Å². The molecule has 1 atom stereocenters. The molecule has 0 N–H and O–H groups in total. The summed E-state index contributed by atoms with van der Waals surface area (Å²) in [4.78, 5) is 18.4. The number of aromatic nitrogens is 1. The van der Waals surface area contributed by atoms with Crippen molar-refractivity contribution in [1.29, 1.82) is 0 Å². The Balaban J connectivity index is 2.14. The molecule has 0 aromatic carbocycles. The Morgan fingerprint density at radius 1 is 1.69 bits per heavy atom. The Labute approximate surface area is 103 Å². The standard InChI is InChI=1S/C10H14N2O2S2/c1-7-6-15-4-3-12(7)10-11-5-8(16-10)9(13)14-2/h5,7H,3-4,6H2,1-2H3. The second kappa shape index (κ2) is 5.05. The number of nitrogens with zero attached hydrogens (tertiary/aromatic N) is 2. The van der Waals surface area contributed by atoms with Crippen molar-refractivity contribution in [1.82, 2.24) is 4.98 Å². The highest BCUT2D eigenvalue weighted by molar-refractivity contribution is 7.99. The normalized spacial score (nSPS) is 20.9. The largest absolute Gasteiger partial charge is 0.465 e. The number of thiazole rings is 1. The molecular formula is C10H14N2O2S2. The maximum absolute atomic E-state index is 11.3. The summed E-state index contributed by atoms with van der Waals surface area (Å²) in [6.07, 6.45) is 1.60. The lowest BCUT2D eigenvalue weighted by Gasteiger charge is -2.32. The quantitative estimate of drug-likeness (QED) is 0.758. The summed E-state index contributed by atoms with van der Waals surface area (Å²) in [6, 6.07) is 0.482. The van der Waals surface area contributed by atoms with Gasteiger partial charge in [0.1, 0.15) is 4.88 Å². The summed E-state index contributed by atoms with van der Waals surface area (Å²) in [5, 5.41) is 0.924. The van der Waals surface area contributed by atoms with E-state index in [0.29, 0.717) is 10.9 Å². The molecule has 1 aliphatic heterocycles. The van der Waals surface area contributed by atoms with Crippen LogP contribution in [0.2, 0.25) is 0 Å². The lowest BCUT2D eigenvalue weighted by molar-refractivity contribution is 0.0606. The van der Waals surface area contributed by atoms with Crippen molar-refractivity contribution in [2.24, 2.45) is 0 Å². The van der Waals surface area contributed by atoms with Gasteiger partial charge in [0.15, 0.2) is 5.13 Å². The van der Waals surface area contributed by atoms with Crippen LogP contribution in [0.25, 0.3) is 0 Å². The molecule has 1 aliphatic rings. The molecule has 0 aliphatic carbocycles. The van der Waals surface area contributed by atoms with Crippen LogP contribution in [0, 0.1) is 0 Å². The number of hydrogen-bond donors (Lipinski definition) is 0. The van der Waals surface area contributed by atoms with Gasteiger partial charge in [-0.3, -0.25) is 0 Å². The number of esters is 1. The van der Waals surface area contributed by atoms with Gasteiger partial charge in [0.2, 0.25) is 0 Å². The highest BCUT2D eigenvalue weighted by Crippen LogP contribution is 2.28. The maximum Gasteiger partial charge on any atom is 0.349 e. The van der Waals surface area contributed by atoms with Gasteiger partial charge in [0, 0.05) is 24.1 Å². The molecule has 2 heterocycles. The molecule has 1 aromatic heterocycles. The molecule has 0 amide bonds. The topological polar surface area (TPSA) is 42.4 Å². The zero-order chi connectivity index (χ0) is 11.5. The SMILES string of the molecule is COC(=O)c1cnc(N2CCSCC2C)s1. The van der Waals surface area contributed by atoms with Gasteiger partial charge in [0.25, 0.3) is 0 Å². The summed E-state index contributed by atoms with van der Waals surface area (Å²) in [5.41, 5.74) is 0. The Hall–Kier alpha value is -0.750. The molecule has 0 saturated carbocycles. The molecule has 1 fully saturated rings. The van der Waals surface area contributed by atoms with E-state index in [9.17, 15) is 4.79 Å². The number of carbonyl (C=O) groups excluding carboxylic acids is 1. The second-order valence-electron chi connectivity index (χ2n) is 3.62. The molecule has 6 heteroatoms. The van der Waals surface area contributed by atoms with E-state index < -0.39 is 0 Å². The van der Waals surface area contributed by atoms with E-state index in [1.807, 2.05) is 11.8 Å². The van der Waals surface area contributed by atoms with E-state index in [1.54, 1.807) is 6.20 Å². The first-order valence-corrected chi connectivity index (χ1v) is 7.08. The summed E-state index contributed by atoms with van der Waals surface area (Å²) < 4.78 is 4.67. The molecule has 4 nitrogen and oxygen atoms in total. The van der Waals surface area contributed by atoms with Crippen LogP contribution in [0.4, 0.5) is 5.13 Å². The summed E-state index contributed by atoms with van der Waals surface area (Å²) >= 11 is 3.37. The zero-order valence-electron chi connectivity index (χ0n) is 9.30. The molecule has 0 bridgehead atoms. The number of methoxy groups -OCH3 is 1. The van der Waals surface area contributed by atoms with Crippen LogP contribution in [-0.4, -0.2) is 42.2 Å². The molecule has 1 aromatic rings. The van der Waals surface area contributed by atoms with Gasteiger partial charge in [0.05, 0.1) is 13.3 Å². The number of rotatable bonds is 2. The second-order valence-corrected chi connectivity index (χ2v) is 5.77. The maximum atomic E-state index is 11.3. The van der Waals surface area contributed by atoms with E-state index >= 15 is 0 Å². The van der Waals surface area contributed by atoms with Crippen LogP contribution in [0.1, 0.15) is 16.6 Å². The van der Waals surface area contributed by atoms with Gasteiger partial charge >= 0.3 is 5.97 Å². The number of carbonyl (C=O) groups is 1. The first-order valence-electron chi connectivity index (χ1n) is 5.11. The molecule has 0 spiro atoms. The average molecular weight is 258 g/mol. The van der Waals surface area contributed by atoms with Crippen molar-refractivity contribution in [3.63, 3.8) is 0 Å². The van der Waals surface area contributed by atoms with Crippen LogP contribution in [0.15, 0.2) is 6.20 Å². The predicted octanol–water partition coefficient (Wildman–Crippen LogP) is 1.87. The fourth-order valence-electron chi connectivity index (χ4n) is 1.60. The Kier molecular flexibility index (Phi) is 3.70. The van der Waals surface area contributed by atoms with Gasteiger partial charge in [-0.05, 0) is 6.92 Å². The molecule has 1 saturated heterocycles. The number of ether oxygens (including phenoxy) is 1. The third-order valence-corrected chi connectivity index (χ3v) is 4.70. The minimum Gasteiger partial charge on any atom is -0.465 e. The fraction of sp³-hybridized carbons (Fsp3) is 0.600.